The quantitative estimate of drug-likeness (QED) is 0.395. The van der Waals surface area contributed by atoms with E-state index >= 15 is 0 Å². The van der Waals surface area contributed by atoms with Crippen LogP contribution in [0.4, 0.5) is 0 Å². The molecule has 0 spiro atoms. The van der Waals surface area contributed by atoms with Crippen molar-refractivity contribution in [2.45, 2.75) is 43.7 Å². The van der Waals surface area contributed by atoms with Gasteiger partial charge in [-0.2, -0.15) is 10.5 Å². The first-order valence-corrected chi connectivity index (χ1v) is 10.3. The summed E-state index contributed by atoms with van der Waals surface area (Å²) in [5.74, 6) is -2.07. The Kier molecular flexibility index (Phi) is 9.09. The molecular weight excluding hydrogens is 452 g/mol. The highest BCUT2D eigenvalue weighted by molar-refractivity contribution is 6.06. The van der Waals surface area contributed by atoms with Gasteiger partial charge in [0.25, 0.3) is 0 Å². The number of nitrogens with two attached hydrogens (primary N) is 1. The highest BCUT2D eigenvalue weighted by atomic mass is 16.5. The number of Topliss-reactive ketones (excluding diaryl/α,β-unsaturated/α-hetero) is 1. The maximum absolute atomic E-state index is 12.0. The Hall–Kier alpha value is -3.52. The number of carbonyl (C=O) groups is 3. The summed E-state index contributed by atoms with van der Waals surface area (Å²) in [5, 5.41) is 17.2. The maximum Gasteiger partial charge on any atom is 0.416 e. The molecule has 0 bridgehead atoms. The number of nitrogens with one attached hydrogen (secondary N) is 1. The van der Waals surface area contributed by atoms with E-state index < -0.39 is 40.3 Å². The number of rotatable bonds is 6. The Labute approximate surface area is 194 Å². The number of hydrogen-bond donors (Lipinski definition) is 2. The predicted molar refractivity (Wildman–Crippen MR) is 111 cm³/mol. The average Bonchev–Trinajstić information content (AvgIpc) is 3.24. The molecule has 1 fully saturated rings. The number of esters is 2. The largest absolute Gasteiger partial charge is 0.468 e. The Morgan fingerprint density at radius 1 is 1.06 bits per heavy atom. The van der Waals surface area contributed by atoms with Crippen molar-refractivity contribution in [2.75, 3.05) is 34.0 Å². The molecule has 0 aliphatic carbocycles. The minimum Gasteiger partial charge on any atom is -0.468 e. The monoisotopic (exact) mass is 478 g/mol. The van der Waals surface area contributed by atoms with Crippen LogP contribution in [0, 0.1) is 28.1 Å². The molecular formula is C21H26N4O9. The number of oxazole rings is 1. The van der Waals surface area contributed by atoms with Gasteiger partial charge >= 0.3 is 17.7 Å². The van der Waals surface area contributed by atoms with E-state index in [1.807, 2.05) is 12.1 Å². The lowest BCUT2D eigenvalue weighted by Gasteiger charge is -2.34. The normalized spacial score (nSPS) is 25.6. The summed E-state index contributed by atoms with van der Waals surface area (Å²) >= 11 is 0. The molecule has 3 N–H and O–H groups in total. The van der Waals surface area contributed by atoms with Crippen LogP contribution in [0.3, 0.4) is 0 Å². The fourth-order valence-corrected chi connectivity index (χ4v) is 3.93. The van der Waals surface area contributed by atoms with E-state index in [1.54, 1.807) is 0 Å². The van der Waals surface area contributed by atoms with E-state index in [-0.39, 0.29) is 57.9 Å². The Morgan fingerprint density at radius 3 is 2.21 bits per heavy atom. The highest BCUT2D eigenvalue weighted by Crippen LogP contribution is 2.36. The maximum atomic E-state index is 12.0. The Morgan fingerprint density at radius 2 is 1.62 bits per heavy atom. The number of nitriles is 2. The van der Waals surface area contributed by atoms with E-state index in [4.69, 9.17) is 34.9 Å². The van der Waals surface area contributed by atoms with Gasteiger partial charge in [0, 0.05) is 12.8 Å². The topological polar surface area (TPSA) is 208 Å². The number of nitrogens with zero attached hydrogens (tertiary/aromatic N) is 2. The second-order valence-electron chi connectivity index (χ2n) is 7.76. The van der Waals surface area contributed by atoms with Crippen molar-refractivity contribution in [2.24, 2.45) is 11.1 Å². The second kappa shape index (κ2) is 11.6. The van der Waals surface area contributed by atoms with Crippen LogP contribution >= 0.6 is 0 Å². The van der Waals surface area contributed by atoms with Gasteiger partial charge in [0.15, 0.2) is 22.4 Å². The number of carbonyl (C=O) groups excluding carboxylic acids is 3. The molecule has 1 saturated heterocycles. The summed E-state index contributed by atoms with van der Waals surface area (Å²) in [6, 6.07) is 3.03. The molecule has 0 saturated carbocycles. The van der Waals surface area contributed by atoms with Crippen LogP contribution in [0.1, 0.15) is 37.1 Å². The number of methoxy groups -OCH3 is 2. The summed E-state index contributed by atoms with van der Waals surface area (Å²) < 4.78 is 24.8. The number of aromatic amines is 1. The summed E-state index contributed by atoms with van der Waals surface area (Å²) in [5.41, 5.74) is 3.37. The number of hydrogen-bond acceptors (Lipinski definition) is 12. The molecule has 2 aliphatic rings. The zero-order valence-corrected chi connectivity index (χ0v) is 18.9. The first kappa shape index (κ1) is 26.7. The van der Waals surface area contributed by atoms with E-state index in [9.17, 15) is 19.2 Å². The number of H-pyrrole nitrogens is 1. The molecule has 1 aromatic rings. The van der Waals surface area contributed by atoms with Crippen LogP contribution in [0.5, 0.6) is 0 Å². The van der Waals surface area contributed by atoms with Gasteiger partial charge in [0.1, 0.15) is 0 Å². The smallest absolute Gasteiger partial charge is 0.416 e. The molecule has 13 heteroatoms. The molecule has 3 unspecified atom stereocenters. The van der Waals surface area contributed by atoms with Gasteiger partial charge in [0.2, 0.25) is 0 Å². The zero-order valence-electron chi connectivity index (χ0n) is 18.9. The van der Waals surface area contributed by atoms with Gasteiger partial charge in [-0.25, -0.2) is 4.79 Å². The third kappa shape index (κ3) is 5.17. The number of fused-ring (bicyclic) bond motifs is 1. The van der Waals surface area contributed by atoms with Crippen LogP contribution < -0.4 is 11.5 Å². The van der Waals surface area contributed by atoms with Crippen molar-refractivity contribution < 1.29 is 37.7 Å². The number of ketones is 1. The Bertz CT molecular complexity index is 1050. The van der Waals surface area contributed by atoms with Crippen LogP contribution in [-0.4, -0.2) is 62.8 Å². The van der Waals surface area contributed by atoms with Crippen LogP contribution in [-0.2, 0) is 45.4 Å². The number of ether oxygens (including phenoxy) is 4. The van der Waals surface area contributed by atoms with Gasteiger partial charge in [-0.05, 0) is 12.8 Å². The molecule has 3 heterocycles. The fraction of sp³-hybridized carbons (Fsp3) is 0.619. The van der Waals surface area contributed by atoms with Crippen LogP contribution in [0.2, 0.25) is 0 Å². The first-order chi connectivity index (χ1) is 16.2. The molecule has 184 valence electrons. The molecule has 13 nitrogen and oxygen atoms in total. The molecule has 2 aliphatic heterocycles. The average molecular weight is 478 g/mol. The third-order valence-electron chi connectivity index (χ3n) is 5.69. The molecule has 0 aromatic carbocycles. The van der Waals surface area contributed by atoms with E-state index in [0.717, 1.165) is 0 Å². The van der Waals surface area contributed by atoms with E-state index in [2.05, 4.69) is 9.72 Å². The summed E-state index contributed by atoms with van der Waals surface area (Å²) in [6.07, 6.45) is 0.483. The van der Waals surface area contributed by atoms with Crippen molar-refractivity contribution in [1.29, 1.82) is 10.5 Å². The third-order valence-corrected chi connectivity index (χ3v) is 5.69. The van der Waals surface area contributed by atoms with Crippen LogP contribution in [0.15, 0.2) is 9.21 Å². The van der Waals surface area contributed by atoms with Gasteiger partial charge in [-0.15, -0.1) is 0 Å². The van der Waals surface area contributed by atoms with E-state index in [1.165, 1.54) is 14.2 Å². The molecule has 0 radical (unpaired) electrons. The van der Waals surface area contributed by atoms with Crippen molar-refractivity contribution in [1.82, 2.24) is 4.98 Å². The van der Waals surface area contributed by atoms with Crippen molar-refractivity contribution in [3.05, 3.63) is 22.0 Å². The molecule has 1 aromatic heterocycles. The minimum atomic E-state index is -1.40. The summed E-state index contributed by atoms with van der Waals surface area (Å²) in [4.78, 5) is 49.3. The van der Waals surface area contributed by atoms with Crippen LogP contribution in [0.25, 0.3) is 0 Å². The zero-order chi connectivity index (χ0) is 25.4. The standard InChI is InChI=1S/C11H12N2O5.C10H14N2O4/c1-16-9(14)11(3-2-4-12)6-17-5-7-8(11)18-10(15)13-7;1-15-9(14)10(3-2-4-11)6-16-5-7(12)8(10)13/h2-3,5-6H2,1H3,(H,13,15);7H,2-3,5-6,12H2,1H3. The van der Waals surface area contributed by atoms with Gasteiger partial charge in [-0.3, -0.25) is 19.4 Å². The van der Waals surface area contributed by atoms with Gasteiger partial charge in [-0.1, -0.05) is 0 Å². The lowest BCUT2D eigenvalue weighted by atomic mass is 9.76. The lowest BCUT2D eigenvalue weighted by Crippen LogP contribution is -2.57. The van der Waals surface area contributed by atoms with Crippen molar-refractivity contribution in [3.63, 3.8) is 0 Å². The van der Waals surface area contributed by atoms with Crippen molar-refractivity contribution in [3.8, 4) is 12.1 Å². The predicted octanol–water partition coefficient (Wildman–Crippen LogP) is -0.411. The summed E-state index contributed by atoms with van der Waals surface area (Å²) in [7, 11) is 2.44. The van der Waals surface area contributed by atoms with Gasteiger partial charge in [0.05, 0.1) is 64.5 Å². The number of aromatic nitrogens is 1. The molecule has 3 atom stereocenters. The first-order valence-electron chi connectivity index (χ1n) is 10.3. The SMILES string of the molecule is COC(=O)C1(CCC#N)COCC(N)C1=O.COC(=O)C1(CCC#N)COCc2[nH]c(=O)oc21. The second-order valence-corrected chi connectivity index (χ2v) is 7.76. The minimum absolute atomic E-state index is 0.0369. The lowest BCUT2D eigenvalue weighted by molar-refractivity contribution is -0.169. The summed E-state index contributed by atoms with van der Waals surface area (Å²) in [6.45, 7) is 0.250. The van der Waals surface area contributed by atoms with Crippen molar-refractivity contribution >= 4 is 17.7 Å². The molecule has 0 amide bonds. The molecule has 34 heavy (non-hydrogen) atoms. The Balaban J connectivity index is 0.000000242. The molecule has 3 rings (SSSR count). The van der Waals surface area contributed by atoms with E-state index in [0.29, 0.717) is 5.69 Å². The van der Waals surface area contributed by atoms with Gasteiger partial charge < -0.3 is 29.1 Å². The fourth-order valence-electron chi connectivity index (χ4n) is 3.93. The highest BCUT2D eigenvalue weighted by Gasteiger charge is 2.51.